The van der Waals surface area contributed by atoms with E-state index in [4.69, 9.17) is 0 Å². The van der Waals surface area contributed by atoms with Gasteiger partial charge < -0.3 is 5.11 Å². The molecule has 1 heteroatoms. The molecule has 1 fully saturated rings. The third kappa shape index (κ3) is 1.96. The molecular weight excluding hydrogens is 136 g/mol. The number of aliphatic hydroxyl groups is 1. The van der Waals surface area contributed by atoms with E-state index in [1.807, 2.05) is 0 Å². The summed E-state index contributed by atoms with van der Waals surface area (Å²) in [5.41, 5.74) is -0.341. The van der Waals surface area contributed by atoms with Crippen molar-refractivity contribution in [2.45, 2.75) is 52.1 Å². The van der Waals surface area contributed by atoms with Crippen LogP contribution in [0.2, 0.25) is 0 Å². The van der Waals surface area contributed by atoms with Crippen LogP contribution in [-0.2, 0) is 0 Å². The van der Waals surface area contributed by atoms with E-state index in [9.17, 15) is 5.11 Å². The minimum absolute atomic E-state index is 0.341. The molecule has 0 bridgehead atoms. The molecule has 0 spiro atoms. The van der Waals surface area contributed by atoms with Crippen molar-refractivity contribution in [1.29, 1.82) is 0 Å². The lowest BCUT2D eigenvalue weighted by Crippen LogP contribution is -2.38. The van der Waals surface area contributed by atoms with Crippen molar-refractivity contribution in [1.82, 2.24) is 0 Å². The maximum atomic E-state index is 10.1. The van der Waals surface area contributed by atoms with Gasteiger partial charge in [0.05, 0.1) is 5.60 Å². The van der Waals surface area contributed by atoms with Crippen LogP contribution in [0.5, 0.6) is 0 Å². The van der Waals surface area contributed by atoms with Crippen molar-refractivity contribution in [2.24, 2.45) is 11.8 Å². The van der Waals surface area contributed by atoms with Gasteiger partial charge in [-0.3, -0.25) is 0 Å². The monoisotopic (exact) mass is 156 g/mol. The van der Waals surface area contributed by atoms with Gasteiger partial charge >= 0.3 is 0 Å². The summed E-state index contributed by atoms with van der Waals surface area (Å²) in [4.78, 5) is 0. The maximum absolute atomic E-state index is 10.1. The Morgan fingerprint density at radius 1 is 1.27 bits per heavy atom. The predicted octanol–water partition coefficient (Wildman–Crippen LogP) is 2.58. The molecule has 1 aliphatic rings. The van der Waals surface area contributed by atoms with Crippen LogP contribution in [0.1, 0.15) is 46.5 Å². The fourth-order valence-corrected chi connectivity index (χ4v) is 1.84. The summed E-state index contributed by atoms with van der Waals surface area (Å²) in [7, 11) is 0. The summed E-state index contributed by atoms with van der Waals surface area (Å²) in [6.45, 7) is 6.52. The molecule has 0 unspecified atom stereocenters. The zero-order chi connectivity index (χ0) is 8.48. The van der Waals surface area contributed by atoms with Gasteiger partial charge in [-0.25, -0.2) is 0 Å². The summed E-state index contributed by atoms with van der Waals surface area (Å²) in [5, 5.41) is 10.1. The quantitative estimate of drug-likeness (QED) is 0.618. The van der Waals surface area contributed by atoms with Gasteiger partial charge in [0.15, 0.2) is 0 Å². The largest absolute Gasteiger partial charge is 0.390 e. The topological polar surface area (TPSA) is 20.2 Å². The first kappa shape index (κ1) is 9.05. The Hall–Kier alpha value is -0.0400. The van der Waals surface area contributed by atoms with Crippen molar-refractivity contribution in [3.05, 3.63) is 0 Å². The van der Waals surface area contributed by atoms with E-state index in [-0.39, 0.29) is 5.60 Å². The molecule has 11 heavy (non-hydrogen) atoms. The highest BCUT2D eigenvalue weighted by atomic mass is 16.3. The SMILES string of the molecule is CC1CCC(O)(C(C)C)CC1. The Labute approximate surface area is 69.8 Å². The van der Waals surface area contributed by atoms with Gasteiger partial charge in [0.1, 0.15) is 0 Å². The fraction of sp³-hybridized carbons (Fsp3) is 1.00. The van der Waals surface area contributed by atoms with Crippen molar-refractivity contribution in [2.75, 3.05) is 0 Å². The van der Waals surface area contributed by atoms with E-state index < -0.39 is 0 Å². The van der Waals surface area contributed by atoms with E-state index in [1.54, 1.807) is 0 Å². The van der Waals surface area contributed by atoms with Gasteiger partial charge in [-0.15, -0.1) is 0 Å². The first-order valence-corrected chi connectivity index (χ1v) is 4.77. The second kappa shape index (κ2) is 3.14. The average molecular weight is 156 g/mol. The molecule has 0 radical (unpaired) electrons. The molecule has 0 amide bonds. The van der Waals surface area contributed by atoms with Crippen LogP contribution in [0.15, 0.2) is 0 Å². The number of hydrogen-bond acceptors (Lipinski definition) is 1. The molecule has 1 rings (SSSR count). The van der Waals surface area contributed by atoms with Gasteiger partial charge in [-0.05, 0) is 37.5 Å². The molecule has 66 valence electrons. The molecular formula is C10H20O. The third-order valence-corrected chi connectivity index (χ3v) is 3.21. The Bertz CT molecular complexity index is 121. The Kier molecular flexibility index (Phi) is 2.58. The standard InChI is InChI=1S/C10H20O/c1-8(2)10(11)6-4-9(3)5-7-10/h8-9,11H,4-7H2,1-3H3. The number of hydrogen-bond donors (Lipinski definition) is 1. The highest BCUT2D eigenvalue weighted by molar-refractivity contribution is 4.86. The third-order valence-electron chi connectivity index (χ3n) is 3.21. The molecule has 1 N–H and O–H groups in total. The van der Waals surface area contributed by atoms with Gasteiger partial charge in [-0.2, -0.15) is 0 Å². The van der Waals surface area contributed by atoms with Crippen LogP contribution >= 0.6 is 0 Å². The van der Waals surface area contributed by atoms with Crippen LogP contribution in [0.3, 0.4) is 0 Å². The van der Waals surface area contributed by atoms with Crippen LogP contribution in [0.25, 0.3) is 0 Å². The Morgan fingerprint density at radius 3 is 2.09 bits per heavy atom. The highest BCUT2D eigenvalue weighted by Crippen LogP contribution is 2.36. The summed E-state index contributed by atoms with van der Waals surface area (Å²) in [6.07, 6.45) is 4.42. The first-order chi connectivity index (χ1) is 5.04. The van der Waals surface area contributed by atoms with Gasteiger partial charge in [-0.1, -0.05) is 20.8 Å². The fourth-order valence-electron chi connectivity index (χ4n) is 1.84. The van der Waals surface area contributed by atoms with Gasteiger partial charge in [0.25, 0.3) is 0 Å². The van der Waals surface area contributed by atoms with E-state index in [0.29, 0.717) is 5.92 Å². The summed E-state index contributed by atoms with van der Waals surface area (Å²) < 4.78 is 0. The van der Waals surface area contributed by atoms with E-state index in [2.05, 4.69) is 20.8 Å². The van der Waals surface area contributed by atoms with Crippen LogP contribution < -0.4 is 0 Å². The normalized spacial score (nSPS) is 39.5. The van der Waals surface area contributed by atoms with E-state index in [0.717, 1.165) is 18.8 Å². The lowest BCUT2D eigenvalue weighted by molar-refractivity contribution is -0.0460. The summed E-state index contributed by atoms with van der Waals surface area (Å²) >= 11 is 0. The smallest absolute Gasteiger partial charge is 0.0670 e. The molecule has 0 aromatic rings. The lowest BCUT2D eigenvalue weighted by Gasteiger charge is -2.38. The van der Waals surface area contributed by atoms with E-state index in [1.165, 1.54) is 12.8 Å². The highest BCUT2D eigenvalue weighted by Gasteiger charge is 2.34. The molecule has 0 aromatic heterocycles. The molecule has 0 atom stereocenters. The molecule has 1 aliphatic carbocycles. The minimum Gasteiger partial charge on any atom is -0.390 e. The molecule has 0 aliphatic heterocycles. The molecule has 1 saturated carbocycles. The van der Waals surface area contributed by atoms with Crippen molar-refractivity contribution in [3.63, 3.8) is 0 Å². The Morgan fingerprint density at radius 2 is 1.73 bits per heavy atom. The zero-order valence-corrected chi connectivity index (χ0v) is 7.93. The van der Waals surface area contributed by atoms with Crippen LogP contribution in [0, 0.1) is 11.8 Å². The van der Waals surface area contributed by atoms with Gasteiger partial charge in [0, 0.05) is 0 Å². The molecule has 0 aromatic carbocycles. The molecule has 1 nitrogen and oxygen atoms in total. The first-order valence-electron chi connectivity index (χ1n) is 4.77. The van der Waals surface area contributed by atoms with Crippen LogP contribution in [0.4, 0.5) is 0 Å². The molecule has 0 saturated heterocycles. The van der Waals surface area contributed by atoms with E-state index >= 15 is 0 Å². The zero-order valence-electron chi connectivity index (χ0n) is 7.93. The average Bonchev–Trinajstić information content (AvgIpc) is 1.95. The summed E-state index contributed by atoms with van der Waals surface area (Å²) in [6, 6.07) is 0. The second-order valence-electron chi connectivity index (χ2n) is 4.44. The van der Waals surface area contributed by atoms with Crippen molar-refractivity contribution >= 4 is 0 Å². The molecule has 0 heterocycles. The summed E-state index contributed by atoms with van der Waals surface area (Å²) in [5.74, 6) is 1.25. The van der Waals surface area contributed by atoms with Crippen LogP contribution in [-0.4, -0.2) is 10.7 Å². The Balaban J connectivity index is 2.48. The van der Waals surface area contributed by atoms with Gasteiger partial charge in [0.2, 0.25) is 0 Å². The maximum Gasteiger partial charge on any atom is 0.0670 e. The predicted molar refractivity (Wildman–Crippen MR) is 47.4 cm³/mol. The lowest BCUT2D eigenvalue weighted by atomic mass is 9.74. The van der Waals surface area contributed by atoms with Crippen molar-refractivity contribution in [3.8, 4) is 0 Å². The number of rotatable bonds is 1. The van der Waals surface area contributed by atoms with Crippen molar-refractivity contribution < 1.29 is 5.11 Å². The minimum atomic E-state index is -0.341. The second-order valence-corrected chi connectivity index (χ2v) is 4.44.